The molecule has 0 radical (unpaired) electrons. The van der Waals surface area contributed by atoms with Crippen molar-refractivity contribution < 1.29 is 23.1 Å². The van der Waals surface area contributed by atoms with E-state index in [0.29, 0.717) is 42.3 Å². The number of carbonyl (C=O) groups is 2. The molecule has 0 unspecified atom stereocenters. The quantitative estimate of drug-likeness (QED) is 0.301. The maximum atomic E-state index is 15.3. The van der Waals surface area contributed by atoms with Gasteiger partial charge >= 0.3 is 5.69 Å². The molecule has 4 aliphatic rings. The molecule has 1 N–H and O–H groups in total. The molecule has 0 spiro atoms. The summed E-state index contributed by atoms with van der Waals surface area (Å²) in [7, 11) is 0. The Morgan fingerprint density at radius 3 is 2.56 bits per heavy atom. The van der Waals surface area contributed by atoms with E-state index in [0.717, 1.165) is 63.9 Å². The van der Waals surface area contributed by atoms with Gasteiger partial charge in [0.05, 0.1) is 16.6 Å². The fourth-order valence-corrected chi connectivity index (χ4v) is 8.09. The number of ether oxygens (including phenoxy) is 1. The van der Waals surface area contributed by atoms with E-state index in [1.54, 1.807) is 15.5 Å². The van der Waals surface area contributed by atoms with Gasteiger partial charge < -0.3 is 24.8 Å². The summed E-state index contributed by atoms with van der Waals surface area (Å²) in [5.41, 5.74) is 0.321. The van der Waals surface area contributed by atoms with E-state index in [2.05, 4.69) is 21.8 Å². The molecule has 10 nitrogen and oxygen atoms in total. The number of halogens is 3. The van der Waals surface area contributed by atoms with Gasteiger partial charge in [-0.15, -0.1) is 0 Å². The summed E-state index contributed by atoms with van der Waals surface area (Å²) in [5.74, 6) is -0.765. The van der Waals surface area contributed by atoms with Gasteiger partial charge in [0.2, 0.25) is 11.8 Å². The smallest absolute Gasteiger partial charge is 0.350 e. The van der Waals surface area contributed by atoms with Gasteiger partial charge in [-0.05, 0) is 96.3 Å². The van der Waals surface area contributed by atoms with Crippen LogP contribution in [0.1, 0.15) is 58.4 Å². The van der Waals surface area contributed by atoms with Crippen molar-refractivity contribution in [2.45, 2.75) is 76.5 Å². The Bertz CT molecular complexity index is 1890. The number of carbonyl (C=O) groups excluding carboxylic acids is 2. The van der Waals surface area contributed by atoms with Crippen LogP contribution in [0.4, 0.5) is 14.6 Å². The minimum atomic E-state index is -0.796. The van der Waals surface area contributed by atoms with Crippen LogP contribution in [0.15, 0.2) is 41.7 Å². The number of piperazine rings is 1. The van der Waals surface area contributed by atoms with Gasteiger partial charge in [-0.3, -0.25) is 14.2 Å². The van der Waals surface area contributed by atoms with Crippen LogP contribution in [0.25, 0.3) is 22.0 Å². The highest BCUT2D eigenvalue weighted by molar-refractivity contribution is 6.35. The van der Waals surface area contributed by atoms with Gasteiger partial charge in [-0.2, -0.15) is 4.98 Å². The Labute approximate surface area is 295 Å². The summed E-state index contributed by atoms with van der Waals surface area (Å²) in [6, 6.07) is 4.62. The van der Waals surface area contributed by atoms with Crippen molar-refractivity contribution >= 4 is 40.1 Å². The molecule has 0 bridgehead atoms. The molecule has 3 aliphatic heterocycles. The molecular formula is C37H43ClF2N6O4. The van der Waals surface area contributed by atoms with Crippen molar-refractivity contribution in [2.24, 2.45) is 5.92 Å². The number of nitrogens with zero attached hydrogens (tertiary/aromatic N) is 5. The lowest BCUT2D eigenvalue weighted by Gasteiger charge is -2.45. The van der Waals surface area contributed by atoms with Gasteiger partial charge in [0, 0.05) is 59.7 Å². The van der Waals surface area contributed by atoms with Crippen LogP contribution in [0, 0.1) is 17.6 Å². The number of hydrogen-bond donors (Lipinski definition) is 1. The van der Waals surface area contributed by atoms with Gasteiger partial charge in [0.25, 0.3) is 0 Å². The first-order valence-corrected chi connectivity index (χ1v) is 18.0. The van der Waals surface area contributed by atoms with Crippen LogP contribution in [-0.4, -0.2) is 88.6 Å². The third-order valence-electron chi connectivity index (χ3n) is 10.7. The zero-order valence-corrected chi connectivity index (χ0v) is 29.2. The summed E-state index contributed by atoms with van der Waals surface area (Å²) >= 11 is 6.90. The molecule has 1 aromatic heterocycles. The molecule has 3 aromatic rings. The Balaban J connectivity index is 1.20. The van der Waals surface area contributed by atoms with Crippen molar-refractivity contribution in [3.8, 4) is 16.9 Å². The van der Waals surface area contributed by atoms with Gasteiger partial charge in [-0.1, -0.05) is 18.2 Å². The Kier molecular flexibility index (Phi) is 9.60. The number of rotatable bonds is 9. The molecule has 2 saturated heterocycles. The highest BCUT2D eigenvalue weighted by Gasteiger charge is 2.37. The van der Waals surface area contributed by atoms with Crippen LogP contribution in [0.3, 0.4) is 0 Å². The molecule has 3 fully saturated rings. The molecule has 2 amide bonds. The molecule has 1 saturated carbocycles. The van der Waals surface area contributed by atoms with Gasteiger partial charge in [-0.25, -0.2) is 13.6 Å². The maximum absolute atomic E-state index is 15.3. The zero-order valence-electron chi connectivity index (χ0n) is 28.5. The number of aromatic nitrogens is 2. The molecule has 266 valence electrons. The second kappa shape index (κ2) is 13.9. The summed E-state index contributed by atoms with van der Waals surface area (Å²) in [4.78, 5) is 50.0. The number of anilines is 1. The minimum Gasteiger partial charge on any atom is -0.488 e. The predicted molar refractivity (Wildman–Crippen MR) is 189 cm³/mol. The Morgan fingerprint density at radius 1 is 1.10 bits per heavy atom. The molecule has 13 heteroatoms. The number of likely N-dealkylation sites (tertiary alicyclic amines) is 1. The third kappa shape index (κ3) is 6.59. The summed E-state index contributed by atoms with van der Waals surface area (Å²) < 4.78 is 37.3. The van der Waals surface area contributed by atoms with E-state index in [1.807, 2.05) is 18.7 Å². The normalized spacial score (nSPS) is 22.8. The van der Waals surface area contributed by atoms with Crippen molar-refractivity contribution in [3.63, 3.8) is 0 Å². The molecular weight excluding hydrogens is 666 g/mol. The zero-order chi connectivity index (χ0) is 35.3. The fraction of sp³-hybridized carbons (Fsp3) is 0.514. The maximum Gasteiger partial charge on any atom is 0.350 e. The number of nitrogens with one attached hydrogen (secondary N) is 1. The second-order valence-corrected chi connectivity index (χ2v) is 14.6. The SMILES string of the molecule is C=CC(=O)N1C[C@H](C)N(c2nc(=O)n3c4c(c(-c5ccc(F)cc5F)c(Cl)cc24)OC[C@H]3CCCN2CCC(C(=O)NC3CC3)CC2)C[C@H]1C. The number of hydrogen-bond acceptors (Lipinski definition) is 7. The van der Waals surface area contributed by atoms with Crippen LogP contribution >= 0.6 is 11.6 Å². The van der Waals surface area contributed by atoms with Gasteiger partial charge in [0.1, 0.15) is 24.1 Å². The van der Waals surface area contributed by atoms with Crippen LogP contribution < -0.4 is 20.6 Å². The van der Waals surface area contributed by atoms with Crippen LogP contribution in [-0.2, 0) is 9.59 Å². The third-order valence-corrected chi connectivity index (χ3v) is 11.0. The summed E-state index contributed by atoms with van der Waals surface area (Å²) in [6.45, 7) is 11.0. The van der Waals surface area contributed by atoms with Crippen molar-refractivity contribution in [1.29, 1.82) is 0 Å². The standard InChI is InChI=1S/C37H43ClF2N6O4/c1-4-31(47)44-18-22(3)45(19-21(44)2)35-28-17-29(38)32(27-10-7-24(39)16-30(27)40)34-33(28)46(37(49)42-35)26(20-50-34)6-5-13-43-14-11-23(12-15-43)36(48)41-25-8-9-25/h4,7,10,16-17,21-23,25-26H,1,5-6,8-9,11-15,18-20H2,2-3H3,(H,41,48)/t21-,22+,26-/m1/s1. The first kappa shape index (κ1) is 34.4. The lowest BCUT2D eigenvalue weighted by molar-refractivity contribution is -0.129. The minimum absolute atomic E-state index is 0.0645. The van der Waals surface area contributed by atoms with Crippen LogP contribution in [0.5, 0.6) is 5.75 Å². The molecule has 50 heavy (non-hydrogen) atoms. The van der Waals surface area contributed by atoms with Gasteiger partial charge in [0.15, 0.2) is 5.75 Å². The highest BCUT2D eigenvalue weighted by atomic mass is 35.5. The first-order valence-electron chi connectivity index (χ1n) is 17.6. The largest absolute Gasteiger partial charge is 0.488 e. The molecule has 2 aromatic carbocycles. The predicted octanol–water partition coefficient (Wildman–Crippen LogP) is 5.31. The van der Waals surface area contributed by atoms with E-state index < -0.39 is 17.3 Å². The summed E-state index contributed by atoms with van der Waals surface area (Å²) in [5, 5.41) is 3.89. The average molecular weight is 709 g/mol. The summed E-state index contributed by atoms with van der Waals surface area (Å²) in [6.07, 6.45) is 6.56. The number of piperidine rings is 1. The monoisotopic (exact) mass is 708 g/mol. The van der Waals surface area contributed by atoms with E-state index in [1.165, 1.54) is 12.1 Å². The lowest BCUT2D eigenvalue weighted by atomic mass is 9.95. The Hall–Kier alpha value is -4.03. The molecule has 4 heterocycles. The molecule has 1 aliphatic carbocycles. The van der Waals surface area contributed by atoms with Crippen LogP contribution in [0.2, 0.25) is 5.02 Å². The van der Waals surface area contributed by atoms with Crippen molar-refractivity contribution in [3.05, 3.63) is 64.1 Å². The molecule has 7 rings (SSSR count). The number of amides is 2. The fourth-order valence-electron chi connectivity index (χ4n) is 7.80. The Morgan fingerprint density at radius 2 is 1.86 bits per heavy atom. The van der Waals surface area contributed by atoms with E-state index in [9.17, 15) is 18.8 Å². The first-order chi connectivity index (χ1) is 24.0. The van der Waals surface area contributed by atoms with Crippen molar-refractivity contribution in [2.75, 3.05) is 44.2 Å². The number of benzene rings is 2. The molecule has 3 atom stereocenters. The topological polar surface area (TPSA) is 100 Å². The highest BCUT2D eigenvalue weighted by Crippen LogP contribution is 2.47. The van der Waals surface area contributed by atoms with Crippen molar-refractivity contribution in [1.82, 2.24) is 24.7 Å². The van der Waals surface area contributed by atoms with E-state index in [4.69, 9.17) is 16.3 Å². The van der Waals surface area contributed by atoms with E-state index in [-0.39, 0.29) is 64.4 Å². The lowest BCUT2D eigenvalue weighted by Crippen LogP contribution is -2.58. The van der Waals surface area contributed by atoms with E-state index >= 15 is 4.39 Å². The average Bonchev–Trinajstić information content (AvgIpc) is 3.92. The second-order valence-electron chi connectivity index (χ2n) is 14.2.